The van der Waals surface area contributed by atoms with Crippen molar-refractivity contribution >= 4 is 50.7 Å². The smallest absolute Gasteiger partial charge is 0.348 e. The van der Waals surface area contributed by atoms with Gasteiger partial charge in [-0.1, -0.05) is 0 Å². The molecule has 0 spiro atoms. The molecule has 2 rings (SSSR count). The molecule has 0 saturated heterocycles. The van der Waals surface area contributed by atoms with Crippen LogP contribution in [0, 0.1) is 6.92 Å². The minimum atomic E-state index is -0.357. The number of fused-ring (bicyclic) bond motifs is 1. The van der Waals surface area contributed by atoms with Crippen LogP contribution in [0.25, 0.3) is 10.2 Å². The molecule has 2 aromatic rings. The summed E-state index contributed by atoms with van der Waals surface area (Å²) in [5.41, 5.74) is 6.21. The van der Waals surface area contributed by atoms with E-state index in [4.69, 9.17) is 22.7 Å². The number of carbonyl (C=O) groups is 1. The van der Waals surface area contributed by atoms with E-state index in [1.807, 2.05) is 6.92 Å². The largest absolute Gasteiger partial charge is 0.462 e. The first-order valence-corrected chi connectivity index (χ1v) is 6.74. The van der Waals surface area contributed by atoms with Crippen molar-refractivity contribution in [3.63, 3.8) is 0 Å². The predicted octanol–water partition coefficient (Wildman–Crippen LogP) is 1.83. The van der Waals surface area contributed by atoms with Crippen LogP contribution in [-0.4, -0.2) is 27.7 Å². The summed E-state index contributed by atoms with van der Waals surface area (Å²) in [5, 5.41) is 3.64. The lowest BCUT2D eigenvalue weighted by Gasteiger charge is -2.04. The summed E-state index contributed by atoms with van der Waals surface area (Å²) >= 11 is 6.07. The molecule has 0 atom stereocenters. The summed E-state index contributed by atoms with van der Waals surface area (Å²) in [5.74, 6) is 0.145. The lowest BCUT2D eigenvalue weighted by atomic mass is 10.2. The van der Waals surface area contributed by atoms with Gasteiger partial charge in [-0.15, -0.1) is 11.3 Å². The van der Waals surface area contributed by atoms with Crippen LogP contribution in [0.3, 0.4) is 0 Å². The Morgan fingerprint density at radius 1 is 1.58 bits per heavy atom. The molecule has 0 saturated carbocycles. The van der Waals surface area contributed by atoms with Crippen molar-refractivity contribution in [1.82, 2.24) is 9.97 Å². The summed E-state index contributed by atoms with van der Waals surface area (Å²) in [4.78, 5) is 21.3. The number of esters is 1. The molecular weight excluding hydrogens is 284 g/mol. The van der Waals surface area contributed by atoms with Crippen LogP contribution in [0.2, 0.25) is 0 Å². The number of aryl methyl sites for hydroxylation is 1. The van der Waals surface area contributed by atoms with Gasteiger partial charge in [0.15, 0.2) is 5.11 Å². The van der Waals surface area contributed by atoms with E-state index in [9.17, 15) is 4.79 Å². The Kier molecular flexibility index (Phi) is 3.91. The Morgan fingerprint density at radius 3 is 2.95 bits per heavy atom. The highest BCUT2D eigenvalue weighted by Crippen LogP contribution is 2.33. The Bertz CT molecular complexity index is 653. The van der Waals surface area contributed by atoms with Crippen molar-refractivity contribution < 1.29 is 9.53 Å². The number of anilines is 1. The number of nitrogens with two attached hydrogens (primary N) is 1. The molecule has 8 heteroatoms. The van der Waals surface area contributed by atoms with Gasteiger partial charge in [-0.3, -0.25) is 0 Å². The van der Waals surface area contributed by atoms with E-state index in [0.717, 1.165) is 10.9 Å². The fraction of sp³-hybridized carbons (Fsp3) is 0.273. The van der Waals surface area contributed by atoms with E-state index in [-0.39, 0.29) is 11.1 Å². The van der Waals surface area contributed by atoms with Crippen LogP contribution in [0.15, 0.2) is 6.33 Å². The summed E-state index contributed by atoms with van der Waals surface area (Å²) in [6, 6.07) is 0. The fourth-order valence-electron chi connectivity index (χ4n) is 1.67. The molecule has 0 aliphatic rings. The zero-order valence-electron chi connectivity index (χ0n) is 10.4. The third-order valence-corrected chi connectivity index (χ3v) is 3.71. The van der Waals surface area contributed by atoms with E-state index in [1.165, 1.54) is 17.7 Å². The zero-order valence-corrected chi connectivity index (χ0v) is 12.0. The van der Waals surface area contributed by atoms with Crippen LogP contribution < -0.4 is 11.1 Å². The fourth-order valence-corrected chi connectivity index (χ4v) is 2.81. The number of hydrogen-bond acceptors (Lipinski definition) is 6. The second-order valence-corrected chi connectivity index (χ2v) is 5.11. The average molecular weight is 296 g/mol. The lowest BCUT2D eigenvalue weighted by Crippen LogP contribution is -2.19. The van der Waals surface area contributed by atoms with Gasteiger partial charge in [0.2, 0.25) is 0 Å². The van der Waals surface area contributed by atoms with E-state index in [0.29, 0.717) is 22.1 Å². The van der Waals surface area contributed by atoms with Crippen molar-refractivity contribution in [1.29, 1.82) is 0 Å². The highest BCUT2D eigenvalue weighted by molar-refractivity contribution is 7.80. The van der Waals surface area contributed by atoms with Crippen molar-refractivity contribution in [2.24, 2.45) is 5.73 Å². The van der Waals surface area contributed by atoms with Gasteiger partial charge in [-0.05, 0) is 31.6 Å². The summed E-state index contributed by atoms with van der Waals surface area (Å²) in [7, 11) is 0. The SMILES string of the molecule is CCOC(=O)c1sc2ncnc(NC(N)=S)c2c1C. The maximum atomic E-state index is 11.8. The molecule has 0 aromatic carbocycles. The van der Waals surface area contributed by atoms with Crippen molar-refractivity contribution in [2.45, 2.75) is 13.8 Å². The topological polar surface area (TPSA) is 90.1 Å². The van der Waals surface area contributed by atoms with Gasteiger partial charge in [0.25, 0.3) is 0 Å². The molecule has 0 radical (unpaired) electrons. The molecule has 2 aromatic heterocycles. The number of rotatable bonds is 3. The molecular formula is C11H12N4O2S2. The van der Waals surface area contributed by atoms with Gasteiger partial charge in [0.1, 0.15) is 21.9 Å². The van der Waals surface area contributed by atoms with Crippen LogP contribution in [0.4, 0.5) is 5.82 Å². The number of carbonyl (C=O) groups excluding carboxylic acids is 1. The van der Waals surface area contributed by atoms with E-state index in [1.54, 1.807) is 6.92 Å². The number of nitrogens with one attached hydrogen (secondary N) is 1. The monoisotopic (exact) mass is 296 g/mol. The highest BCUT2D eigenvalue weighted by Gasteiger charge is 2.20. The minimum Gasteiger partial charge on any atom is -0.462 e. The maximum absolute atomic E-state index is 11.8. The van der Waals surface area contributed by atoms with Crippen LogP contribution in [0.1, 0.15) is 22.2 Å². The zero-order chi connectivity index (χ0) is 14.0. The molecule has 0 fully saturated rings. The van der Waals surface area contributed by atoms with Gasteiger partial charge < -0.3 is 15.8 Å². The molecule has 6 nitrogen and oxygen atoms in total. The van der Waals surface area contributed by atoms with Gasteiger partial charge in [0.05, 0.1) is 12.0 Å². The Morgan fingerprint density at radius 2 is 2.32 bits per heavy atom. The first-order valence-electron chi connectivity index (χ1n) is 5.52. The molecule has 100 valence electrons. The van der Waals surface area contributed by atoms with Gasteiger partial charge in [0, 0.05) is 0 Å². The molecule has 0 bridgehead atoms. The van der Waals surface area contributed by atoms with Crippen molar-refractivity contribution in [2.75, 3.05) is 11.9 Å². The second-order valence-electron chi connectivity index (χ2n) is 3.67. The number of hydrogen-bond donors (Lipinski definition) is 2. The van der Waals surface area contributed by atoms with Gasteiger partial charge >= 0.3 is 5.97 Å². The Labute approximate surface area is 119 Å². The highest BCUT2D eigenvalue weighted by atomic mass is 32.1. The predicted molar refractivity (Wildman–Crippen MR) is 78.5 cm³/mol. The van der Waals surface area contributed by atoms with E-state index >= 15 is 0 Å². The molecule has 2 heterocycles. The van der Waals surface area contributed by atoms with Crippen LogP contribution in [-0.2, 0) is 4.74 Å². The quantitative estimate of drug-likeness (QED) is 0.659. The van der Waals surface area contributed by atoms with Crippen molar-refractivity contribution in [3.8, 4) is 0 Å². The standard InChI is InChI=1S/C11H12N4O2S2/c1-3-17-10(16)7-5(2)6-8(15-11(12)18)13-4-14-9(6)19-7/h4H,3H2,1-2H3,(H3,12,13,14,15,18). The van der Waals surface area contributed by atoms with Crippen LogP contribution in [0.5, 0.6) is 0 Å². The average Bonchev–Trinajstić information content (AvgIpc) is 2.68. The number of aromatic nitrogens is 2. The first-order chi connectivity index (χ1) is 9.04. The Hall–Kier alpha value is -1.80. The van der Waals surface area contributed by atoms with Gasteiger partial charge in [-0.25, -0.2) is 14.8 Å². The number of ether oxygens (including phenoxy) is 1. The molecule has 0 aliphatic heterocycles. The second kappa shape index (κ2) is 5.45. The minimum absolute atomic E-state index is 0.114. The lowest BCUT2D eigenvalue weighted by molar-refractivity contribution is 0.0531. The van der Waals surface area contributed by atoms with E-state index < -0.39 is 0 Å². The summed E-state index contributed by atoms with van der Waals surface area (Å²) in [6.07, 6.45) is 1.40. The maximum Gasteiger partial charge on any atom is 0.348 e. The summed E-state index contributed by atoms with van der Waals surface area (Å²) in [6.45, 7) is 3.91. The number of nitrogens with zero attached hydrogens (tertiary/aromatic N) is 2. The normalized spacial score (nSPS) is 10.4. The summed E-state index contributed by atoms with van der Waals surface area (Å²) < 4.78 is 5.01. The molecule has 0 aliphatic carbocycles. The van der Waals surface area contributed by atoms with E-state index in [2.05, 4.69) is 15.3 Å². The third kappa shape index (κ3) is 2.64. The number of thiocarbonyl (C=S) groups is 1. The van der Waals surface area contributed by atoms with Crippen LogP contribution >= 0.6 is 23.6 Å². The molecule has 19 heavy (non-hydrogen) atoms. The molecule has 0 amide bonds. The first kappa shape index (κ1) is 13.6. The van der Waals surface area contributed by atoms with Crippen molar-refractivity contribution in [3.05, 3.63) is 16.8 Å². The van der Waals surface area contributed by atoms with Gasteiger partial charge in [-0.2, -0.15) is 0 Å². The Balaban J connectivity index is 2.57. The molecule has 3 N–H and O–H groups in total. The number of thiophene rings is 1. The third-order valence-electron chi connectivity index (χ3n) is 2.43. The molecule has 0 unspecified atom stereocenters.